The number of halogens is 1. The molecular weight excluding hydrogens is 383 g/mol. The van der Waals surface area contributed by atoms with Crippen LogP contribution in [0.15, 0.2) is 29.3 Å². The average Bonchev–Trinajstić information content (AvgIpc) is 3.24. The van der Waals surface area contributed by atoms with E-state index in [0.29, 0.717) is 12.1 Å². The third-order valence-corrected chi connectivity index (χ3v) is 5.92. The number of carbonyl (C=O) groups is 1. The molecule has 0 bridgehead atoms. The fourth-order valence-electron chi connectivity index (χ4n) is 4.15. The number of nitrogens with zero attached hydrogens (tertiary/aromatic N) is 4. The summed E-state index contributed by atoms with van der Waals surface area (Å²) in [6.07, 6.45) is 2.54. The van der Waals surface area contributed by atoms with E-state index in [9.17, 15) is 9.18 Å². The molecule has 2 heterocycles. The van der Waals surface area contributed by atoms with Crippen LogP contribution >= 0.6 is 0 Å². The van der Waals surface area contributed by atoms with E-state index in [1.165, 1.54) is 6.07 Å². The predicted molar refractivity (Wildman–Crippen MR) is 119 cm³/mol. The van der Waals surface area contributed by atoms with Crippen LogP contribution in [0.4, 0.5) is 10.1 Å². The Kier molecular flexibility index (Phi) is 8.30. The van der Waals surface area contributed by atoms with Gasteiger partial charge in [0.25, 0.3) is 0 Å². The standard InChI is InChI=1S/C22H35FN6O/c1-3-21(30)29-12-9-18(17-29)26-22(24-2)25-10-6-11-27-13-15-28(16-14-27)20-8-5-4-7-19(20)23/h4-5,7-8,18H,3,6,9-17H2,1-2H3,(H2,24,25,26). The van der Waals surface area contributed by atoms with Crippen LogP contribution < -0.4 is 15.5 Å². The summed E-state index contributed by atoms with van der Waals surface area (Å²) in [6.45, 7) is 8.94. The molecule has 1 amide bonds. The maximum atomic E-state index is 14.0. The molecule has 1 unspecified atom stereocenters. The van der Waals surface area contributed by atoms with Gasteiger partial charge < -0.3 is 20.4 Å². The lowest BCUT2D eigenvalue weighted by Crippen LogP contribution is -2.48. The first-order chi connectivity index (χ1) is 14.6. The molecule has 0 radical (unpaired) electrons. The fourth-order valence-corrected chi connectivity index (χ4v) is 4.15. The Bertz CT molecular complexity index is 719. The zero-order valence-corrected chi connectivity index (χ0v) is 18.2. The van der Waals surface area contributed by atoms with E-state index in [1.54, 1.807) is 13.1 Å². The molecule has 2 fully saturated rings. The van der Waals surface area contributed by atoms with Crippen molar-refractivity contribution >= 4 is 17.6 Å². The fraction of sp³-hybridized carbons (Fsp3) is 0.636. The lowest BCUT2D eigenvalue weighted by molar-refractivity contribution is -0.129. The third kappa shape index (κ3) is 6.08. The van der Waals surface area contributed by atoms with Crippen LogP contribution in [0.5, 0.6) is 0 Å². The van der Waals surface area contributed by atoms with Crippen molar-refractivity contribution in [2.45, 2.75) is 32.2 Å². The molecule has 2 N–H and O–H groups in total. The van der Waals surface area contributed by atoms with Crippen molar-refractivity contribution in [3.8, 4) is 0 Å². The summed E-state index contributed by atoms with van der Waals surface area (Å²) in [5.41, 5.74) is 0.708. The molecule has 2 saturated heterocycles. The molecule has 1 aromatic rings. The molecule has 7 nitrogen and oxygen atoms in total. The van der Waals surface area contributed by atoms with Crippen molar-refractivity contribution in [2.75, 3.05) is 64.3 Å². The summed E-state index contributed by atoms with van der Waals surface area (Å²) >= 11 is 0. The number of guanidine groups is 1. The van der Waals surface area contributed by atoms with Gasteiger partial charge in [-0.25, -0.2) is 4.39 Å². The lowest BCUT2D eigenvalue weighted by Gasteiger charge is -2.36. The van der Waals surface area contributed by atoms with Crippen LogP contribution in [0.1, 0.15) is 26.2 Å². The summed E-state index contributed by atoms with van der Waals surface area (Å²) < 4.78 is 14.0. The van der Waals surface area contributed by atoms with Crippen LogP contribution in [0.3, 0.4) is 0 Å². The molecule has 1 aromatic carbocycles. The Morgan fingerprint density at radius 2 is 1.97 bits per heavy atom. The van der Waals surface area contributed by atoms with Gasteiger partial charge in [0.15, 0.2) is 5.96 Å². The second-order valence-electron chi connectivity index (χ2n) is 7.96. The number of amides is 1. The Hall–Kier alpha value is -2.35. The number of anilines is 1. The molecule has 0 spiro atoms. The molecule has 1 atom stereocenters. The Morgan fingerprint density at radius 1 is 1.20 bits per heavy atom. The van der Waals surface area contributed by atoms with Crippen molar-refractivity contribution in [1.29, 1.82) is 0 Å². The van der Waals surface area contributed by atoms with Gasteiger partial charge in [0.05, 0.1) is 5.69 Å². The van der Waals surface area contributed by atoms with Crippen molar-refractivity contribution in [3.05, 3.63) is 30.1 Å². The number of nitrogens with one attached hydrogen (secondary N) is 2. The summed E-state index contributed by atoms with van der Waals surface area (Å²) in [5.74, 6) is 0.881. The molecule has 2 aliphatic rings. The van der Waals surface area contributed by atoms with Crippen LogP contribution in [0.25, 0.3) is 0 Å². The average molecular weight is 419 g/mol. The minimum atomic E-state index is -0.140. The number of benzene rings is 1. The maximum absolute atomic E-state index is 14.0. The van der Waals surface area contributed by atoms with Gasteiger partial charge in [-0.2, -0.15) is 0 Å². The van der Waals surface area contributed by atoms with E-state index in [0.717, 1.165) is 71.2 Å². The number of likely N-dealkylation sites (tertiary alicyclic amines) is 1. The molecule has 0 saturated carbocycles. The molecule has 30 heavy (non-hydrogen) atoms. The number of hydrogen-bond acceptors (Lipinski definition) is 4. The number of carbonyl (C=O) groups excluding carboxylic acids is 1. The van der Waals surface area contributed by atoms with Gasteiger partial charge in [0.2, 0.25) is 5.91 Å². The van der Waals surface area contributed by atoms with E-state index in [2.05, 4.69) is 25.4 Å². The van der Waals surface area contributed by atoms with Gasteiger partial charge in [-0.15, -0.1) is 0 Å². The van der Waals surface area contributed by atoms with Crippen LogP contribution in [-0.2, 0) is 4.79 Å². The van der Waals surface area contributed by atoms with Gasteiger partial charge in [0.1, 0.15) is 5.82 Å². The highest BCUT2D eigenvalue weighted by molar-refractivity contribution is 5.80. The van der Waals surface area contributed by atoms with Crippen molar-refractivity contribution in [2.24, 2.45) is 4.99 Å². The third-order valence-electron chi connectivity index (χ3n) is 5.92. The summed E-state index contributed by atoms with van der Waals surface area (Å²) in [4.78, 5) is 22.6. The Balaban J connectivity index is 1.31. The predicted octanol–water partition coefficient (Wildman–Crippen LogP) is 1.51. The van der Waals surface area contributed by atoms with Crippen LogP contribution in [0.2, 0.25) is 0 Å². The molecule has 166 valence electrons. The topological polar surface area (TPSA) is 63.2 Å². The van der Waals surface area contributed by atoms with E-state index in [-0.39, 0.29) is 17.8 Å². The van der Waals surface area contributed by atoms with E-state index in [4.69, 9.17) is 0 Å². The van der Waals surface area contributed by atoms with E-state index < -0.39 is 0 Å². The molecule has 2 aliphatic heterocycles. The van der Waals surface area contributed by atoms with Crippen LogP contribution in [0, 0.1) is 5.82 Å². The molecule has 8 heteroatoms. The minimum absolute atomic E-state index is 0.140. The Labute approximate surface area is 179 Å². The van der Waals surface area contributed by atoms with Crippen LogP contribution in [-0.4, -0.2) is 87.1 Å². The highest BCUT2D eigenvalue weighted by atomic mass is 19.1. The first-order valence-corrected chi connectivity index (χ1v) is 11.1. The van der Waals surface area contributed by atoms with Gasteiger partial charge in [-0.05, 0) is 31.5 Å². The normalized spacial score (nSPS) is 20.5. The highest BCUT2D eigenvalue weighted by Gasteiger charge is 2.25. The lowest BCUT2D eigenvalue weighted by atomic mass is 10.2. The number of hydrogen-bond donors (Lipinski definition) is 2. The van der Waals surface area contributed by atoms with Crippen molar-refractivity contribution in [3.63, 3.8) is 0 Å². The number of para-hydroxylation sites is 1. The first kappa shape index (κ1) is 22.3. The zero-order chi connectivity index (χ0) is 21.3. The summed E-state index contributed by atoms with van der Waals surface area (Å²) in [7, 11) is 1.78. The zero-order valence-electron chi connectivity index (χ0n) is 18.2. The largest absolute Gasteiger partial charge is 0.367 e. The van der Waals surface area contributed by atoms with Gasteiger partial charge in [-0.3, -0.25) is 14.7 Å². The van der Waals surface area contributed by atoms with E-state index in [1.807, 2.05) is 24.0 Å². The van der Waals surface area contributed by atoms with Gasteiger partial charge >= 0.3 is 0 Å². The highest BCUT2D eigenvalue weighted by Crippen LogP contribution is 2.20. The number of aliphatic imine (C=N–C) groups is 1. The second-order valence-corrected chi connectivity index (χ2v) is 7.96. The number of rotatable bonds is 7. The number of piperazine rings is 1. The summed E-state index contributed by atoms with van der Waals surface area (Å²) in [6, 6.07) is 7.27. The second kappa shape index (κ2) is 11.2. The molecule has 0 aromatic heterocycles. The SMILES string of the molecule is CCC(=O)N1CCC(NC(=NC)NCCCN2CCN(c3ccccc3F)CC2)C1. The molecular formula is C22H35FN6O. The van der Waals surface area contributed by atoms with Crippen molar-refractivity contribution in [1.82, 2.24) is 20.4 Å². The van der Waals surface area contributed by atoms with Crippen molar-refractivity contribution < 1.29 is 9.18 Å². The smallest absolute Gasteiger partial charge is 0.222 e. The molecule has 0 aliphatic carbocycles. The van der Waals surface area contributed by atoms with Gasteiger partial charge in [-0.1, -0.05) is 19.1 Å². The monoisotopic (exact) mass is 418 g/mol. The summed E-state index contributed by atoms with van der Waals surface area (Å²) in [5, 5.41) is 6.82. The molecule has 3 rings (SSSR count). The van der Waals surface area contributed by atoms with E-state index >= 15 is 0 Å². The van der Waals surface area contributed by atoms with Gasteiger partial charge in [0, 0.05) is 65.3 Å². The minimum Gasteiger partial charge on any atom is -0.367 e. The Morgan fingerprint density at radius 3 is 2.67 bits per heavy atom. The quantitative estimate of drug-likeness (QED) is 0.399. The first-order valence-electron chi connectivity index (χ1n) is 11.1. The maximum Gasteiger partial charge on any atom is 0.222 e.